The van der Waals surface area contributed by atoms with Crippen molar-refractivity contribution < 1.29 is 14.7 Å². The Morgan fingerprint density at radius 2 is 2.06 bits per heavy atom. The van der Waals surface area contributed by atoms with E-state index in [4.69, 9.17) is 5.11 Å². The summed E-state index contributed by atoms with van der Waals surface area (Å²) in [6.45, 7) is 0.666. The first-order valence-electron chi connectivity index (χ1n) is 5.93. The van der Waals surface area contributed by atoms with Gasteiger partial charge in [-0.25, -0.2) is 4.79 Å². The predicted molar refractivity (Wildman–Crippen MR) is 71.9 cm³/mol. The molecule has 1 N–H and O–H groups in total. The molecule has 1 aliphatic rings. The van der Waals surface area contributed by atoms with E-state index in [-0.39, 0.29) is 11.5 Å². The summed E-state index contributed by atoms with van der Waals surface area (Å²) in [5.41, 5.74) is 0.854. The first kappa shape index (κ1) is 13.1. The van der Waals surface area contributed by atoms with Crippen molar-refractivity contribution in [2.24, 2.45) is 0 Å². The summed E-state index contributed by atoms with van der Waals surface area (Å²) in [4.78, 5) is 24.7. The number of rotatable bonds is 2. The second kappa shape index (κ2) is 5.52. The predicted octanol–water partition coefficient (Wildman–Crippen LogP) is 3.05. The number of aromatic carboxylic acids is 1. The number of hydrogen-bond donors (Lipinski definition) is 1. The molecule has 0 atom stereocenters. The number of anilines is 1. The summed E-state index contributed by atoms with van der Waals surface area (Å²) < 4.78 is 0.529. The van der Waals surface area contributed by atoms with Crippen molar-refractivity contribution >= 4 is 33.5 Å². The van der Waals surface area contributed by atoms with Gasteiger partial charge in [-0.1, -0.05) is 6.42 Å². The van der Waals surface area contributed by atoms with Gasteiger partial charge in [-0.3, -0.25) is 4.79 Å². The first-order chi connectivity index (χ1) is 8.59. The van der Waals surface area contributed by atoms with Crippen molar-refractivity contribution in [1.29, 1.82) is 0 Å². The van der Waals surface area contributed by atoms with Gasteiger partial charge in [0.05, 0.1) is 5.56 Å². The average Bonchev–Trinajstić information content (AvgIpc) is 2.54. The van der Waals surface area contributed by atoms with Gasteiger partial charge in [0.1, 0.15) is 0 Å². The van der Waals surface area contributed by atoms with Gasteiger partial charge in [0.2, 0.25) is 5.91 Å². The molecule has 1 aliphatic heterocycles. The topological polar surface area (TPSA) is 57.6 Å². The molecule has 0 bridgehead atoms. The molecule has 1 aromatic rings. The summed E-state index contributed by atoms with van der Waals surface area (Å²) >= 11 is 3.20. The number of carbonyl (C=O) groups is 2. The van der Waals surface area contributed by atoms with Crippen LogP contribution in [0.2, 0.25) is 0 Å². The van der Waals surface area contributed by atoms with Gasteiger partial charge >= 0.3 is 5.97 Å². The number of nitrogens with zero attached hydrogens (tertiary/aromatic N) is 1. The molecule has 0 radical (unpaired) electrons. The highest BCUT2D eigenvalue weighted by atomic mass is 79.9. The van der Waals surface area contributed by atoms with Gasteiger partial charge in [0.25, 0.3) is 0 Å². The Balaban J connectivity index is 2.34. The number of carboxylic acids is 1. The van der Waals surface area contributed by atoms with Crippen molar-refractivity contribution in [3.63, 3.8) is 0 Å². The molecular weight excluding hydrogens is 298 g/mol. The second-order valence-corrected chi connectivity index (χ2v) is 5.18. The molecule has 0 aliphatic carbocycles. The minimum absolute atomic E-state index is 0.0751. The maximum Gasteiger partial charge on any atom is 0.336 e. The van der Waals surface area contributed by atoms with Crippen LogP contribution in [-0.4, -0.2) is 23.5 Å². The summed E-state index contributed by atoms with van der Waals surface area (Å²) in [7, 11) is 0. The third kappa shape index (κ3) is 2.72. The summed E-state index contributed by atoms with van der Waals surface area (Å²) in [6, 6.07) is 5.01. The zero-order valence-electron chi connectivity index (χ0n) is 9.86. The Kier molecular flexibility index (Phi) is 4.01. The molecule has 18 heavy (non-hydrogen) atoms. The molecule has 0 spiro atoms. The monoisotopic (exact) mass is 311 g/mol. The highest BCUT2D eigenvalue weighted by molar-refractivity contribution is 9.10. The lowest BCUT2D eigenvalue weighted by Gasteiger charge is -2.21. The van der Waals surface area contributed by atoms with E-state index in [9.17, 15) is 9.59 Å². The molecule has 1 saturated heterocycles. The van der Waals surface area contributed by atoms with Gasteiger partial charge < -0.3 is 10.0 Å². The number of halogens is 1. The van der Waals surface area contributed by atoms with E-state index in [0.29, 0.717) is 23.1 Å². The fourth-order valence-electron chi connectivity index (χ4n) is 2.10. The van der Waals surface area contributed by atoms with E-state index in [0.717, 1.165) is 19.3 Å². The van der Waals surface area contributed by atoms with Gasteiger partial charge in [-0.05, 0) is 47.0 Å². The van der Waals surface area contributed by atoms with E-state index in [2.05, 4.69) is 15.9 Å². The Bertz CT molecular complexity index is 487. The van der Waals surface area contributed by atoms with Crippen LogP contribution >= 0.6 is 15.9 Å². The lowest BCUT2D eigenvalue weighted by atomic mass is 10.2. The van der Waals surface area contributed by atoms with Crippen LogP contribution in [0.5, 0.6) is 0 Å². The lowest BCUT2D eigenvalue weighted by Crippen LogP contribution is -2.30. The van der Waals surface area contributed by atoms with E-state index in [1.807, 2.05) is 0 Å². The largest absolute Gasteiger partial charge is 0.478 e. The van der Waals surface area contributed by atoms with Gasteiger partial charge in [-0.2, -0.15) is 0 Å². The summed E-state index contributed by atoms with van der Waals surface area (Å²) in [5.74, 6) is -0.919. The minimum Gasteiger partial charge on any atom is -0.478 e. The molecule has 1 fully saturated rings. The molecule has 0 unspecified atom stereocenters. The van der Waals surface area contributed by atoms with Crippen molar-refractivity contribution in [3.8, 4) is 0 Å². The summed E-state index contributed by atoms with van der Waals surface area (Å²) in [5, 5.41) is 9.08. The molecule has 0 saturated carbocycles. The SMILES string of the molecule is O=C(O)c1cc(N2CCCCCC2=O)ccc1Br. The molecule has 5 heteroatoms. The lowest BCUT2D eigenvalue weighted by molar-refractivity contribution is -0.118. The Labute approximate surface area is 114 Å². The second-order valence-electron chi connectivity index (χ2n) is 4.33. The normalized spacial score (nSPS) is 16.5. The third-order valence-corrected chi connectivity index (χ3v) is 3.76. The highest BCUT2D eigenvalue weighted by Crippen LogP contribution is 2.26. The van der Waals surface area contributed by atoms with Gasteiger partial charge in [0, 0.05) is 23.1 Å². The van der Waals surface area contributed by atoms with Crippen LogP contribution in [0.3, 0.4) is 0 Å². The minimum atomic E-state index is -0.994. The molecular formula is C13H14BrNO3. The van der Waals surface area contributed by atoms with Crippen LogP contribution in [0.1, 0.15) is 36.0 Å². The maximum absolute atomic E-state index is 11.9. The fraction of sp³-hybridized carbons (Fsp3) is 0.385. The molecule has 96 valence electrons. The Hall–Kier alpha value is -1.36. The number of benzene rings is 1. The van der Waals surface area contributed by atoms with Crippen LogP contribution in [0.15, 0.2) is 22.7 Å². The Morgan fingerprint density at radius 3 is 2.78 bits per heavy atom. The Morgan fingerprint density at radius 1 is 1.28 bits per heavy atom. The molecule has 0 aromatic heterocycles. The molecule has 1 heterocycles. The smallest absolute Gasteiger partial charge is 0.336 e. The van der Waals surface area contributed by atoms with Gasteiger partial charge in [0.15, 0.2) is 0 Å². The van der Waals surface area contributed by atoms with Crippen LogP contribution in [0, 0.1) is 0 Å². The molecule has 2 rings (SSSR count). The van der Waals surface area contributed by atoms with Crippen LogP contribution < -0.4 is 4.90 Å². The zero-order valence-corrected chi connectivity index (χ0v) is 11.4. The van der Waals surface area contributed by atoms with E-state index in [1.54, 1.807) is 23.1 Å². The molecule has 1 amide bonds. The van der Waals surface area contributed by atoms with Crippen LogP contribution in [-0.2, 0) is 4.79 Å². The standard InChI is InChI=1S/C13H14BrNO3/c14-11-6-5-9(8-10(11)13(17)18)15-7-3-1-2-4-12(15)16/h5-6,8H,1-4,7H2,(H,17,18). The quantitative estimate of drug-likeness (QED) is 0.913. The third-order valence-electron chi connectivity index (χ3n) is 3.07. The maximum atomic E-state index is 11.9. The molecule has 1 aromatic carbocycles. The summed E-state index contributed by atoms with van der Waals surface area (Å²) in [6.07, 6.45) is 3.46. The van der Waals surface area contributed by atoms with E-state index < -0.39 is 5.97 Å². The van der Waals surface area contributed by atoms with Crippen molar-refractivity contribution in [2.75, 3.05) is 11.4 Å². The van der Waals surface area contributed by atoms with Crippen molar-refractivity contribution in [1.82, 2.24) is 0 Å². The number of hydrogen-bond acceptors (Lipinski definition) is 2. The van der Waals surface area contributed by atoms with Crippen molar-refractivity contribution in [2.45, 2.75) is 25.7 Å². The highest BCUT2D eigenvalue weighted by Gasteiger charge is 2.20. The van der Waals surface area contributed by atoms with Crippen LogP contribution in [0.4, 0.5) is 5.69 Å². The average molecular weight is 312 g/mol. The van der Waals surface area contributed by atoms with Crippen molar-refractivity contribution in [3.05, 3.63) is 28.2 Å². The number of amides is 1. The van der Waals surface area contributed by atoms with Gasteiger partial charge in [-0.15, -0.1) is 0 Å². The van der Waals surface area contributed by atoms with E-state index >= 15 is 0 Å². The fourth-order valence-corrected chi connectivity index (χ4v) is 2.52. The number of carboxylic acid groups (broad SMARTS) is 1. The molecule has 4 nitrogen and oxygen atoms in total. The first-order valence-corrected chi connectivity index (χ1v) is 6.72. The van der Waals surface area contributed by atoms with E-state index in [1.165, 1.54) is 0 Å². The number of carbonyl (C=O) groups excluding carboxylic acids is 1. The van der Waals surface area contributed by atoms with Crippen LogP contribution in [0.25, 0.3) is 0 Å². The zero-order chi connectivity index (χ0) is 13.1.